The zero-order valence-electron chi connectivity index (χ0n) is 15.5. The number of fused-ring (bicyclic) bond motifs is 1. The standard InChI is InChI=1S/C18H21F3N4O4/c19-18(20,21)29-13-7-5-12(6-8-13)14(26)10-22-16(27)11-25-17(28)24-9-3-1-2-4-15(24)23-25/h5-8,14,26H,1-4,9-11H2,(H,22,27). The average Bonchev–Trinajstić information content (AvgIpc) is 2.82. The number of amides is 1. The molecule has 2 aromatic rings. The first-order chi connectivity index (χ1) is 13.7. The number of ether oxygens (including phenoxy) is 1. The van der Waals surface area contributed by atoms with Gasteiger partial charge >= 0.3 is 12.1 Å². The van der Waals surface area contributed by atoms with Crippen molar-refractivity contribution < 1.29 is 27.8 Å². The molecular formula is C18H21F3N4O4. The van der Waals surface area contributed by atoms with E-state index in [0.717, 1.165) is 36.1 Å². The maximum absolute atomic E-state index is 12.3. The highest BCUT2D eigenvalue weighted by atomic mass is 19.4. The normalized spacial score (nSPS) is 15.3. The van der Waals surface area contributed by atoms with Crippen LogP contribution in [0.5, 0.6) is 5.75 Å². The number of rotatable bonds is 6. The number of aliphatic hydroxyl groups is 1. The maximum Gasteiger partial charge on any atom is 0.573 e. The molecule has 0 fully saturated rings. The smallest absolute Gasteiger partial charge is 0.406 e. The van der Waals surface area contributed by atoms with Gasteiger partial charge in [-0.05, 0) is 30.5 Å². The molecule has 0 radical (unpaired) electrons. The van der Waals surface area contributed by atoms with Gasteiger partial charge in [-0.25, -0.2) is 9.48 Å². The summed E-state index contributed by atoms with van der Waals surface area (Å²) in [4.78, 5) is 24.5. The lowest BCUT2D eigenvalue weighted by Crippen LogP contribution is -2.35. The van der Waals surface area contributed by atoms with E-state index >= 15 is 0 Å². The van der Waals surface area contributed by atoms with Gasteiger partial charge in [0.1, 0.15) is 18.1 Å². The van der Waals surface area contributed by atoms with E-state index in [1.807, 2.05) is 0 Å². The molecule has 0 aliphatic carbocycles. The molecule has 1 unspecified atom stereocenters. The minimum absolute atomic E-state index is 0.166. The Morgan fingerprint density at radius 3 is 2.66 bits per heavy atom. The van der Waals surface area contributed by atoms with E-state index in [2.05, 4.69) is 15.2 Å². The second-order valence-electron chi connectivity index (χ2n) is 6.76. The summed E-state index contributed by atoms with van der Waals surface area (Å²) in [6.45, 7) is 0.146. The number of halogens is 3. The predicted octanol–water partition coefficient (Wildman–Crippen LogP) is 1.52. The van der Waals surface area contributed by atoms with E-state index in [1.54, 1.807) is 4.57 Å². The summed E-state index contributed by atoms with van der Waals surface area (Å²) >= 11 is 0. The first kappa shape index (κ1) is 20.9. The minimum atomic E-state index is -4.79. The molecule has 2 N–H and O–H groups in total. The molecule has 1 aliphatic heterocycles. The summed E-state index contributed by atoms with van der Waals surface area (Å²) in [5.74, 6) is -0.241. The Morgan fingerprint density at radius 2 is 1.97 bits per heavy atom. The van der Waals surface area contributed by atoms with Gasteiger partial charge in [0.05, 0.1) is 6.10 Å². The van der Waals surface area contributed by atoms with Crippen molar-refractivity contribution in [3.63, 3.8) is 0 Å². The van der Waals surface area contributed by atoms with Crippen molar-refractivity contribution in [1.82, 2.24) is 19.7 Å². The van der Waals surface area contributed by atoms with Gasteiger partial charge in [-0.15, -0.1) is 13.2 Å². The molecule has 29 heavy (non-hydrogen) atoms. The molecule has 1 aliphatic rings. The van der Waals surface area contributed by atoms with E-state index in [4.69, 9.17) is 0 Å². The van der Waals surface area contributed by atoms with E-state index in [-0.39, 0.29) is 18.8 Å². The number of nitrogens with one attached hydrogen (secondary N) is 1. The molecule has 11 heteroatoms. The van der Waals surface area contributed by atoms with E-state index in [0.29, 0.717) is 24.4 Å². The zero-order chi connectivity index (χ0) is 21.0. The Kier molecular flexibility index (Phi) is 6.26. The van der Waals surface area contributed by atoms with Crippen LogP contribution in [0.4, 0.5) is 13.2 Å². The third-order valence-electron chi connectivity index (χ3n) is 4.57. The van der Waals surface area contributed by atoms with Crippen molar-refractivity contribution in [2.24, 2.45) is 0 Å². The van der Waals surface area contributed by atoms with Crippen molar-refractivity contribution in [3.8, 4) is 5.75 Å². The van der Waals surface area contributed by atoms with Crippen molar-refractivity contribution in [3.05, 3.63) is 46.1 Å². The molecule has 1 amide bonds. The number of aromatic nitrogens is 3. The molecule has 1 aromatic heterocycles. The molecule has 0 saturated carbocycles. The monoisotopic (exact) mass is 414 g/mol. The maximum atomic E-state index is 12.3. The zero-order valence-corrected chi connectivity index (χ0v) is 15.5. The fraction of sp³-hybridized carbons (Fsp3) is 0.500. The molecule has 0 saturated heterocycles. The number of nitrogens with zero attached hydrogens (tertiary/aromatic N) is 3. The summed E-state index contributed by atoms with van der Waals surface area (Å²) < 4.78 is 42.9. The quantitative estimate of drug-likeness (QED) is 0.747. The Labute approximate surface area is 163 Å². The molecule has 0 spiro atoms. The van der Waals surface area contributed by atoms with Gasteiger partial charge in [-0.3, -0.25) is 9.36 Å². The first-order valence-electron chi connectivity index (χ1n) is 9.20. The Hall–Kier alpha value is -2.82. The lowest BCUT2D eigenvalue weighted by molar-refractivity contribution is -0.274. The molecule has 158 valence electrons. The molecule has 0 bridgehead atoms. The summed E-state index contributed by atoms with van der Waals surface area (Å²) in [7, 11) is 0. The number of hydrogen-bond donors (Lipinski definition) is 2. The van der Waals surface area contributed by atoms with Gasteiger partial charge in [-0.1, -0.05) is 18.6 Å². The number of benzene rings is 1. The SMILES string of the molecule is O=C(Cn1nc2n(c1=O)CCCCC2)NCC(O)c1ccc(OC(F)(F)F)cc1. The van der Waals surface area contributed by atoms with E-state index in [9.17, 15) is 27.9 Å². The van der Waals surface area contributed by atoms with Gasteiger partial charge in [-0.2, -0.15) is 5.10 Å². The summed E-state index contributed by atoms with van der Waals surface area (Å²) in [5, 5.41) is 16.8. The second-order valence-corrected chi connectivity index (χ2v) is 6.76. The average molecular weight is 414 g/mol. The van der Waals surface area contributed by atoms with Gasteiger partial charge < -0.3 is 15.2 Å². The van der Waals surface area contributed by atoms with Crippen molar-refractivity contribution in [1.29, 1.82) is 0 Å². The molecule has 2 heterocycles. The van der Waals surface area contributed by atoms with Crippen LogP contribution in [0, 0.1) is 0 Å². The molecule has 1 atom stereocenters. The van der Waals surface area contributed by atoms with Gasteiger partial charge in [0.25, 0.3) is 0 Å². The first-order valence-corrected chi connectivity index (χ1v) is 9.20. The summed E-state index contributed by atoms with van der Waals surface area (Å²) in [5.41, 5.74) is -0.0245. The number of alkyl halides is 3. The van der Waals surface area contributed by atoms with Crippen LogP contribution in [-0.4, -0.2) is 38.3 Å². The summed E-state index contributed by atoms with van der Waals surface area (Å²) in [6, 6.07) is 4.70. The van der Waals surface area contributed by atoms with Gasteiger partial charge in [0.15, 0.2) is 0 Å². The number of aryl methyl sites for hydroxylation is 1. The Bertz CT molecular complexity index is 905. The third kappa shape index (κ3) is 5.59. The minimum Gasteiger partial charge on any atom is -0.406 e. The third-order valence-corrected chi connectivity index (χ3v) is 4.57. The second kappa shape index (κ2) is 8.68. The fourth-order valence-corrected chi connectivity index (χ4v) is 3.14. The summed E-state index contributed by atoms with van der Waals surface area (Å²) in [6.07, 6.45) is -2.36. The number of carbonyl (C=O) groups excluding carboxylic acids is 1. The number of hydrogen-bond acceptors (Lipinski definition) is 5. The van der Waals surface area contributed by atoms with Crippen LogP contribution < -0.4 is 15.7 Å². The molecule has 3 rings (SSSR count). The van der Waals surface area contributed by atoms with Crippen LogP contribution in [0.3, 0.4) is 0 Å². The van der Waals surface area contributed by atoms with Crippen LogP contribution in [0.25, 0.3) is 0 Å². The van der Waals surface area contributed by atoms with Crippen LogP contribution >= 0.6 is 0 Å². The predicted molar refractivity (Wildman–Crippen MR) is 95.1 cm³/mol. The Balaban J connectivity index is 1.53. The van der Waals surface area contributed by atoms with E-state index in [1.165, 1.54) is 12.1 Å². The molecule has 1 aromatic carbocycles. The van der Waals surface area contributed by atoms with Crippen molar-refractivity contribution >= 4 is 5.91 Å². The highest BCUT2D eigenvalue weighted by Gasteiger charge is 2.31. The van der Waals surface area contributed by atoms with E-state index < -0.39 is 24.1 Å². The highest BCUT2D eigenvalue weighted by Crippen LogP contribution is 2.24. The fourth-order valence-electron chi connectivity index (χ4n) is 3.14. The van der Waals surface area contributed by atoms with Crippen LogP contribution in [0.2, 0.25) is 0 Å². The Morgan fingerprint density at radius 1 is 1.24 bits per heavy atom. The largest absolute Gasteiger partial charge is 0.573 e. The van der Waals surface area contributed by atoms with Crippen LogP contribution in [0.1, 0.15) is 36.8 Å². The number of aliphatic hydroxyl groups excluding tert-OH is 1. The molecular weight excluding hydrogens is 393 g/mol. The lowest BCUT2D eigenvalue weighted by Gasteiger charge is -2.13. The van der Waals surface area contributed by atoms with Gasteiger partial charge in [0, 0.05) is 19.5 Å². The lowest BCUT2D eigenvalue weighted by atomic mass is 10.1. The van der Waals surface area contributed by atoms with Gasteiger partial charge in [0.2, 0.25) is 5.91 Å². The van der Waals surface area contributed by atoms with Crippen molar-refractivity contribution in [2.45, 2.75) is 51.2 Å². The molecule has 8 nitrogen and oxygen atoms in total. The topological polar surface area (TPSA) is 98.4 Å². The van der Waals surface area contributed by atoms with Crippen molar-refractivity contribution in [2.75, 3.05) is 6.54 Å². The number of carbonyl (C=O) groups is 1. The van der Waals surface area contributed by atoms with Crippen LogP contribution in [0.15, 0.2) is 29.1 Å². The van der Waals surface area contributed by atoms with Crippen LogP contribution in [-0.2, 0) is 24.3 Å². The highest BCUT2D eigenvalue weighted by molar-refractivity contribution is 5.75.